The van der Waals surface area contributed by atoms with Gasteiger partial charge >= 0.3 is 13.1 Å². The highest BCUT2D eigenvalue weighted by Crippen LogP contribution is 2.36. The molecule has 2 fully saturated rings. The SMILES string of the molecule is CC1(C)OB(c2ccc(N3CCNC3=O)nc2)OC1(C)C. The van der Waals surface area contributed by atoms with E-state index in [9.17, 15) is 4.79 Å². The minimum absolute atomic E-state index is 0.106. The van der Waals surface area contributed by atoms with Crippen LogP contribution in [-0.2, 0) is 9.31 Å². The third kappa shape index (κ3) is 2.40. The van der Waals surface area contributed by atoms with Crippen LogP contribution in [0.5, 0.6) is 0 Å². The molecule has 6 nitrogen and oxygen atoms in total. The van der Waals surface area contributed by atoms with Gasteiger partial charge in [-0.25, -0.2) is 9.78 Å². The van der Waals surface area contributed by atoms with Crippen molar-refractivity contribution >= 4 is 24.4 Å². The Kier molecular flexibility index (Phi) is 3.22. The van der Waals surface area contributed by atoms with Crippen LogP contribution in [0.15, 0.2) is 18.3 Å². The Labute approximate surface area is 125 Å². The second-order valence-corrected chi connectivity index (χ2v) is 6.42. The topological polar surface area (TPSA) is 63.7 Å². The first-order valence-corrected chi connectivity index (χ1v) is 7.17. The van der Waals surface area contributed by atoms with Gasteiger partial charge in [0.25, 0.3) is 0 Å². The minimum Gasteiger partial charge on any atom is -0.399 e. The highest BCUT2D eigenvalue weighted by Gasteiger charge is 2.51. The van der Waals surface area contributed by atoms with Gasteiger partial charge in [-0.1, -0.05) is 6.07 Å². The zero-order chi connectivity index (χ0) is 15.3. The van der Waals surface area contributed by atoms with E-state index in [4.69, 9.17) is 9.31 Å². The minimum atomic E-state index is -0.427. The highest BCUT2D eigenvalue weighted by atomic mass is 16.7. The van der Waals surface area contributed by atoms with Crippen molar-refractivity contribution in [3.8, 4) is 0 Å². The summed E-state index contributed by atoms with van der Waals surface area (Å²) >= 11 is 0. The van der Waals surface area contributed by atoms with Crippen LogP contribution in [0.1, 0.15) is 27.7 Å². The molecule has 1 aromatic heterocycles. The Morgan fingerprint density at radius 2 is 1.90 bits per heavy atom. The number of hydrogen-bond donors (Lipinski definition) is 1. The fourth-order valence-corrected chi connectivity index (χ4v) is 2.37. The maximum atomic E-state index is 11.6. The fraction of sp³-hybridized carbons (Fsp3) is 0.571. The summed E-state index contributed by atoms with van der Waals surface area (Å²) in [6, 6.07) is 3.62. The van der Waals surface area contributed by atoms with E-state index in [0.29, 0.717) is 18.9 Å². The number of rotatable bonds is 2. The van der Waals surface area contributed by atoms with Gasteiger partial charge in [0.2, 0.25) is 0 Å². The van der Waals surface area contributed by atoms with E-state index in [0.717, 1.165) is 5.46 Å². The number of carbonyl (C=O) groups is 1. The molecule has 1 N–H and O–H groups in total. The second kappa shape index (κ2) is 4.71. The van der Waals surface area contributed by atoms with Crippen molar-refractivity contribution in [2.45, 2.75) is 38.9 Å². The number of urea groups is 1. The maximum Gasteiger partial charge on any atom is 0.496 e. The average molecular weight is 289 g/mol. The van der Waals surface area contributed by atoms with Gasteiger partial charge in [0.05, 0.1) is 11.2 Å². The van der Waals surface area contributed by atoms with Gasteiger partial charge in [0.15, 0.2) is 0 Å². The summed E-state index contributed by atoms with van der Waals surface area (Å²) in [6.45, 7) is 9.36. The molecule has 0 spiro atoms. The molecule has 0 aromatic carbocycles. The van der Waals surface area contributed by atoms with Crippen LogP contribution in [0.25, 0.3) is 0 Å². The molecule has 0 saturated carbocycles. The molecule has 0 unspecified atom stereocenters. The fourth-order valence-electron chi connectivity index (χ4n) is 2.37. The predicted molar refractivity (Wildman–Crippen MR) is 80.7 cm³/mol. The summed E-state index contributed by atoms with van der Waals surface area (Å²) in [5.74, 6) is 0.644. The Bertz CT molecular complexity index is 543. The highest BCUT2D eigenvalue weighted by molar-refractivity contribution is 6.62. The molecule has 0 bridgehead atoms. The molecule has 112 valence electrons. The first kappa shape index (κ1) is 14.3. The largest absolute Gasteiger partial charge is 0.496 e. The summed E-state index contributed by atoms with van der Waals surface area (Å²) in [6.07, 6.45) is 1.71. The standard InChI is InChI=1S/C14H20BN3O3/c1-13(2)14(3,4)21-15(20-13)10-5-6-11(17-9-10)18-8-7-16-12(18)19/h5-6,9H,7-8H2,1-4H3,(H,16,19). The van der Waals surface area contributed by atoms with Crippen molar-refractivity contribution in [3.63, 3.8) is 0 Å². The number of carbonyl (C=O) groups excluding carboxylic acids is 1. The molecule has 2 aliphatic heterocycles. The molecule has 3 rings (SSSR count). The Balaban J connectivity index is 1.78. The van der Waals surface area contributed by atoms with Gasteiger partial charge in [-0.15, -0.1) is 0 Å². The molecule has 21 heavy (non-hydrogen) atoms. The normalized spacial score (nSPS) is 23.5. The van der Waals surface area contributed by atoms with E-state index >= 15 is 0 Å². The van der Waals surface area contributed by atoms with Crippen molar-refractivity contribution < 1.29 is 14.1 Å². The average Bonchev–Trinajstić information content (AvgIpc) is 2.92. The van der Waals surface area contributed by atoms with E-state index in [1.54, 1.807) is 11.1 Å². The van der Waals surface area contributed by atoms with E-state index in [2.05, 4.69) is 10.3 Å². The molecular weight excluding hydrogens is 269 g/mol. The van der Waals surface area contributed by atoms with E-state index in [-0.39, 0.29) is 17.2 Å². The van der Waals surface area contributed by atoms with Gasteiger partial charge < -0.3 is 14.6 Å². The van der Waals surface area contributed by atoms with Crippen molar-refractivity contribution in [2.75, 3.05) is 18.0 Å². The van der Waals surface area contributed by atoms with Gasteiger partial charge in [-0.2, -0.15) is 0 Å². The van der Waals surface area contributed by atoms with Gasteiger partial charge in [-0.05, 0) is 33.8 Å². The lowest BCUT2D eigenvalue weighted by atomic mass is 9.80. The van der Waals surface area contributed by atoms with Crippen molar-refractivity contribution in [1.82, 2.24) is 10.3 Å². The number of pyridine rings is 1. The van der Waals surface area contributed by atoms with Crippen LogP contribution in [0.2, 0.25) is 0 Å². The van der Waals surface area contributed by atoms with E-state index in [1.165, 1.54) is 0 Å². The zero-order valence-corrected chi connectivity index (χ0v) is 12.8. The molecule has 2 aliphatic rings. The van der Waals surface area contributed by atoms with E-state index < -0.39 is 7.12 Å². The Morgan fingerprint density at radius 1 is 1.24 bits per heavy atom. The quantitative estimate of drug-likeness (QED) is 0.822. The molecule has 2 amide bonds. The molecule has 1 aromatic rings. The first-order valence-electron chi connectivity index (χ1n) is 7.17. The number of anilines is 1. The molecule has 0 atom stereocenters. The number of nitrogens with one attached hydrogen (secondary N) is 1. The van der Waals surface area contributed by atoms with Gasteiger partial charge in [0.1, 0.15) is 5.82 Å². The first-order chi connectivity index (χ1) is 9.80. The van der Waals surface area contributed by atoms with Crippen LogP contribution >= 0.6 is 0 Å². The lowest BCUT2D eigenvalue weighted by Crippen LogP contribution is -2.41. The zero-order valence-electron chi connectivity index (χ0n) is 12.8. The molecule has 2 saturated heterocycles. The smallest absolute Gasteiger partial charge is 0.399 e. The van der Waals surface area contributed by atoms with Crippen molar-refractivity contribution in [3.05, 3.63) is 18.3 Å². The van der Waals surface area contributed by atoms with Crippen LogP contribution in [0, 0.1) is 0 Å². The number of amides is 2. The Morgan fingerprint density at radius 3 is 2.38 bits per heavy atom. The van der Waals surface area contributed by atoms with E-state index in [1.807, 2.05) is 39.8 Å². The van der Waals surface area contributed by atoms with Gasteiger partial charge in [-0.3, -0.25) is 4.90 Å². The van der Waals surface area contributed by atoms with Crippen LogP contribution in [-0.4, -0.2) is 42.4 Å². The monoisotopic (exact) mass is 289 g/mol. The summed E-state index contributed by atoms with van der Waals surface area (Å²) in [7, 11) is -0.427. The molecular formula is C14H20BN3O3. The summed E-state index contributed by atoms with van der Waals surface area (Å²) in [4.78, 5) is 17.6. The van der Waals surface area contributed by atoms with Crippen LogP contribution in [0.4, 0.5) is 10.6 Å². The molecule has 3 heterocycles. The lowest BCUT2D eigenvalue weighted by molar-refractivity contribution is 0.00578. The van der Waals surface area contributed by atoms with Gasteiger partial charge in [0, 0.05) is 24.7 Å². The number of aromatic nitrogens is 1. The third-order valence-corrected chi connectivity index (χ3v) is 4.43. The van der Waals surface area contributed by atoms with Crippen LogP contribution in [0.3, 0.4) is 0 Å². The maximum absolute atomic E-state index is 11.6. The third-order valence-electron chi connectivity index (χ3n) is 4.43. The molecule has 0 radical (unpaired) electrons. The number of hydrogen-bond acceptors (Lipinski definition) is 4. The van der Waals surface area contributed by atoms with Crippen molar-refractivity contribution in [2.24, 2.45) is 0 Å². The second-order valence-electron chi connectivity index (χ2n) is 6.42. The summed E-state index contributed by atoms with van der Waals surface area (Å²) in [5.41, 5.74) is 0.119. The lowest BCUT2D eigenvalue weighted by Gasteiger charge is -2.32. The molecule has 0 aliphatic carbocycles. The molecule has 7 heteroatoms. The summed E-state index contributed by atoms with van der Waals surface area (Å²) < 4.78 is 12.0. The van der Waals surface area contributed by atoms with Crippen LogP contribution < -0.4 is 15.7 Å². The number of nitrogens with zero attached hydrogens (tertiary/aromatic N) is 2. The predicted octanol–water partition coefficient (Wildman–Crippen LogP) is 0.910. The summed E-state index contributed by atoms with van der Waals surface area (Å²) in [5, 5.41) is 2.76. The van der Waals surface area contributed by atoms with Crippen molar-refractivity contribution in [1.29, 1.82) is 0 Å². The Hall–Kier alpha value is -1.60.